The molecule has 8 heteroatoms. The van der Waals surface area contributed by atoms with E-state index in [-0.39, 0.29) is 0 Å². The van der Waals surface area contributed by atoms with Crippen LogP contribution in [0.25, 0.3) is 21.8 Å². The van der Waals surface area contributed by atoms with Crippen LogP contribution in [0.4, 0.5) is 0 Å². The van der Waals surface area contributed by atoms with Gasteiger partial charge in [-0.15, -0.1) is 0 Å². The van der Waals surface area contributed by atoms with Crippen LogP contribution in [0.3, 0.4) is 0 Å². The average Bonchev–Trinajstić information content (AvgIpc) is 3.70. The lowest BCUT2D eigenvalue weighted by molar-refractivity contribution is 0.259. The molecule has 1 fully saturated rings. The van der Waals surface area contributed by atoms with Crippen molar-refractivity contribution in [1.29, 1.82) is 0 Å². The Morgan fingerprint density at radius 3 is 1.80 bits per heavy atom. The van der Waals surface area contributed by atoms with Gasteiger partial charge >= 0.3 is 0 Å². The van der Waals surface area contributed by atoms with Crippen molar-refractivity contribution in [2.24, 2.45) is 0 Å². The highest BCUT2D eigenvalue weighted by Gasteiger charge is 2.30. The molecule has 2 heterocycles. The Morgan fingerprint density at radius 2 is 1.22 bits per heavy atom. The third-order valence-corrected chi connectivity index (χ3v) is 8.64. The van der Waals surface area contributed by atoms with Crippen molar-refractivity contribution >= 4 is 21.8 Å². The number of aryl methyl sites for hydroxylation is 1. The second-order valence-corrected chi connectivity index (χ2v) is 12.1. The van der Waals surface area contributed by atoms with Crippen molar-refractivity contribution in [2.75, 3.05) is 48.6 Å². The molecule has 0 bridgehead atoms. The predicted octanol–water partition coefficient (Wildman–Crippen LogP) is 9.00. The number of nitrogens with one attached hydrogen (secondary N) is 2. The molecule has 2 N–H and O–H groups in total. The van der Waals surface area contributed by atoms with E-state index < -0.39 is 0 Å². The quantitative estimate of drug-likeness (QED) is 0.115. The number of hydrogen-bond donors (Lipinski definition) is 2. The van der Waals surface area contributed by atoms with Crippen LogP contribution in [0.15, 0.2) is 24.3 Å². The summed E-state index contributed by atoms with van der Waals surface area (Å²) in [7, 11) is 8.40. The lowest BCUT2D eigenvalue weighted by atomic mass is 10.1. The van der Waals surface area contributed by atoms with Gasteiger partial charge in [-0.2, -0.15) is 0 Å². The van der Waals surface area contributed by atoms with Gasteiger partial charge in [-0.3, -0.25) is 4.90 Å². The molecule has 0 unspecified atom stereocenters. The SMILES string of the molecule is CCCCCc1cc2c(OC)c(OC)c(OC)cc2[nH]1.CCCCN(CCC)Cc1cc2c(OC)c(OC)c(C3CC3)cc2[nH]1. The number of aromatic amines is 2. The minimum Gasteiger partial charge on any atom is -0.493 e. The number of ether oxygens (including phenoxy) is 5. The zero-order chi connectivity index (χ0) is 32.3. The number of hydrogen-bond acceptors (Lipinski definition) is 6. The van der Waals surface area contributed by atoms with Gasteiger partial charge in [-0.05, 0) is 75.7 Å². The fourth-order valence-electron chi connectivity index (χ4n) is 6.22. The molecule has 0 radical (unpaired) electrons. The van der Waals surface area contributed by atoms with Crippen LogP contribution in [-0.2, 0) is 13.0 Å². The number of fused-ring (bicyclic) bond motifs is 2. The highest BCUT2D eigenvalue weighted by atomic mass is 16.5. The first-order chi connectivity index (χ1) is 22.0. The fourth-order valence-corrected chi connectivity index (χ4v) is 6.22. The Balaban J connectivity index is 0.000000210. The van der Waals surface area contributed by atoms with Crippen LogP contribution < -0.4 is 23.7 Å². The van der Waals surface area contributed by atoms with Gasteiger partial charge in [0, 0.05) is 45.9 Å². The fraction of sp³-hybridized carbons (Fsp3) is 0.568. The van der Waals surface area contributed by atoms with E-state index in [9.17, 15) is 0 Å². The third kappa shape index (κ3) is 8.20. The number of aromatic nitrogens is 2. The van der Waals surface area contributed by atoms with Crippen molar-refractivity contribution < 1.29 is 23.7 Å². The third-order valence-electron chi connectivity index (χ3n) is 8.64. The maximum Gasteiger partial charge on any atom is 0.204 e. The first-order valence-electron chi connectivity index (χ1n) is 16.8. The van der Waals surface area contributed by atoms with E-state index in [2.05, 4.69) is 53.8 Å². The van der Waals surface area contributed by atoms with E-state index in [1.54, 1.807) is 35.5 Å². The van der Waals surface area contributed by atoms with Gasteiger partial charge in [0.1, 0.15) is 0 Å². The van der Waals surface area contributed by atoms with E-state index in [0.29, 0.717) is 17.4 Å². The lowest BCUT2D eigenvalue weighted by Gasteiger charge is -2.20. The highest BCUT2D eigenvalue weighted by molar-refractivity contribution is 5.92. The van der Waals surface area contributed by atoms with E-state index in [0.717, 1.165) is 59.6 Å². The smallest absolute Gasteiger partial charge is 0.204 e. The van der Waals surface area contributed by atoms with E-state index in [4.69, 9.17) is 23.7 Å². The predicted molar refractivity (Wildman–Crippen MR) is 185 cm³/mol. The summed E-state index contributed by atoms with van der Waals surface area (Å²) in [6, 6.07) is 8.61. The molecule has 0 saturated heterocycles. The van der Waals surface area contributed by atoms with Gasteiger partial charge in [0.2, 0.25) is 5.75 Å². The van der Waals surface area contributed by atoms with Gasteiger partial charge in [-0.1, -0.05) is 40.0 Å². The summed E-state index contributed by atoms with van der Waals surface area (Å²) >= 11 is 0. The van der Waals surface area contributed by atoms with Crippen LogP contribution in [0, 0.1) is 0 Å². The Hall–Kier alpha value is -3.52. The summed E-state index contributed by atoms with van der Waals surface area (Å²) < 4.78 is 27.7. The van der Waals surface area contributed by atoms with Crippen LogP contribution in [-0.4, -0.2) is 63.5 Å². The van der Waals surface area contributed by atoms with E-state index >= 15 is 0 Å². The Bertz CT molecular complexity index is 1500. The summed E-state index contributed by atoms with van der Waals surface area (Å²) in [6.45, 7) is 9.98. The summed E-state index contributed by atoms with van der Waals surface area (Å²) in [6.07, 6.45) is 10.9. The number of benzene rings is 2. The molecule has 2 aromatic carbocycles. The topological polar surface area (TPSA) is 81.0 Å². The Kier molecular flexibility index (Phi) is 12.7. The molecular weight excluding hydrogens is 566 g/mol. The largest absolute Gasteiger partial charge is 0.493 e. The summed E-state index contributed by atoms with van der Waals surface area (Å²) in [5.41, 5.74) is 5.96. The lowest BCUT2D eigenvalue weighted by Crippen LogP contribution is -2.25. The maximum absolute atomic E-state index is 5.74. The molecule has 0 atom stereocenters. The zero-order valence-corrected chi connectivity index (χ0v) is 28.9. The molecule has 45 heavy (non-hydrogen) atoms. The van der Waals surface area contributed by atoms with Gasteiger partial charge in [0.15, 0.2) is 23.0 Å². The normalized spacial score (nSPS) is 12.8. The van der Waals surface area contributed by atoms with Crippen LogP contribution in [0.1, 0.15) is 95.0 Å². The van der Waals surface area contributed by atoms with Gasteiger partial charge < -0.3 is 33.7 Å². The van der Waals surface area contributed by atoms with Crippen molar-refractivity contribution in [2.45, 2.75) is 91.0 Å². The first-order valence-corrected chi connectivity index (χ1v) is 16.8. The van der Waals surface area contributed by atoms with Crippen LogP contribution in [0.2, 0.25) is 0 Å². The Morgan fingerprint density at radius 1 is 0.622 bits per heavy atom. The second kappa shape index (κ2) is 16.7. The molecule has 8 nitrogen and oxygen atoms in total. The molecule has 1 saturated carbocycles. The standard InChI is InChI=1S/C21H32N2O2.C16H23NO3/c1-5-7-11-23(10-6-2)14-16-12-18-19(22-16)13-17(15-8-9-15)20(24-3)21(18)25-4;1-5-6-7-8-11-9-12-13(17-11)10-14(18-2)16(20-4)15(12)19-3/h12-13,15,22H,5-11,14H2,1-4H3;9-10,17H,5-8H2,1-4H3. The van der Waals surface area contributed by atoms with Crippen molar-refractivity contribution in [1.82, 2.24) is 14.9 Å². The number of H-pyrrole nitrogens is 2. The highest BCUT2D eigenvalue weighted by Crippen LogP contribution is 2.50. The molecule has 0 spiro atoms. The zero-order valence-electron chi connectivity index (χ0n) is 28.9. The molecular formula is C37H55N3O5. The van der Waals surface area contributed by atoms with Crippen molar-refractivity contribution in [3.63, 3.8) is 0 Å². The molecule has 4 aromatic rings. The average molecular weight is 622 g/mol. The van der Waals surface area contributed by atoms with E-state index in [1.807, 2.05) is 6.07 Å². The molecule has 2 aromatic heterocycles. The summed E-state index contributed by atoms with van der Waals surface area (Å²) in [5.74, 6) is 4.46. The number of rotatable bonds is 17. The molecule has 1 aliphatic rings. The minimum atomic E-state index is 0.626. The van der Waals surface area contributed by atoms with E-state index in [1.165, 1.54) is 73.8 Å². The molecule has 0 amide bonds. The van der Waals surface area contributed by atoms with Gasteiger partial charge in [-0.25, -0.2) is 0 Å². The minimum absolute atomic E-state index is 0.626. The molecule has 5 rings (SSSR count). The second-order valence-electron chi connectivity index (χ2n) is 12.1. The van der Waals surface area contributed by atoms with Gasteiger partial charge in [0.25, 0.3) is 0 Å². The maximum atomic E-state index is 5.74. The number of unbranched alkanes of at least 4 members (excludes halogenated alkanes) is 3. The monoisotopic (exact) mass is 621 g/mol. The molecule has 1 aliphatic carbocycles. The van der Waals surface area contributed by atoms with Crippen LogP contribution >= 0.6 is 0 Å². The summed E-state index contributed by atoms with van der Waals surface area (Å²) in [5, 5.41) is 2.17. The van der Waals surface area contributed by atoms with Crippen LogP contribution in [0.5, 0.6) is 28.7 Å². The first kappa shape index (κ1) is 34.4. The van der Waals surface area contributed by atoms with Crippen molar-refractivity contribution in [3.8, 4) is 28.7 Å². The number of nitrogens with zero attached hydrogens (tertiary/aromatic N) is 1. The van der Waals surface area contributed by atoms with Crippen molar-refractivity contribution in [3.05, 3.63) is 41.2 Å². The molecule has 0 aliphatic heterocycles. The summed E-state index contributed by atoms with van der Waals surface area (Å²) in [4.78, 5) is 9.61. The Labute approximate surface area is 269 Å². The molecule has 248 valence electrons. The van der Waals surface area contributed by atoms with Gasteiger partial charge in [0.05, 0.1) is 41.1 Å². The number of methoxy groups -OCH3 is 5.